The molecule has 0 saturated heterocycles. The molecule has 2 rings (SSSR count). The molecule has 1 aromatic rings. The molecule has 1 unspecified atom stereocenters. The summed E-state index contributed by atoms with van der Waals surface area (Å²) in [4.78, 5) is 11.5. The predicted octanol–water partition coefficient (Wildman–Crippen LogP) is 4.35. The highest BCUT2D eigenvalue weighted by Gasteiger charge is 2.24. The zero-order chi connectivity index (χ0) is 16.9. The van der Waals surface area contributed by atoms with Gasteiger partial charge in [-0.2, -0.15) is 0 Å². The van der Waals surface area contributed by atoms with Gasteiger partial charge in [0.2, 0.25) is 6.79 Å². The Labute approximate surface area is 139 Å². The minimum absolute atomic E-state index is 0.0185. The SMILES string of the molecule is CCC(CCC(C)(C)CC(=O)OC)Cc1ccc2c(c1)OCO2. The molecular weight excluding hydrogens is 292 g/mol. The average Bonchev–Trinajstić information content (AvgIpc) is 2.98. The van der Waals surface area contributed by atoms with Gasteiger partial charge in [-0.05, 0) is 48.3 Å². The summed E-state index contributed by atoms with van der Waals surface area (Å²) in [7, 11) is 1.45. The Morgan fingerprint density at radius 2 is 2.04 bits per heavy atom. The molecule has 0 aromatic heterocycles. The van der Waals surface area contributed by atoms with Gasteiger partial charge in [0.25, 0.3) is 0 Å². The van der Waals surface area contributed by atoms with Gasteiger partial charge in [-0.1, -0.05) is 33.3 Å². The van der Waals surface area contributed by atoms with E-state index >= 15 is 0 Å². The number of esters is 1. The van der Waals surface area contributed by atoms with E-state index in [1.807, 2.05) is 6.07 Å². The second-order valence-corrected chi connectivity index (χ2v) is 7.12. The van der Waals surface area contributed by atoms with Crippen LogP contribution in [0.15, 0.2) is 18.2 Å². The first-order valence-electron chi connectivity index (χ1n) is 8.39. The first kappa shape index (κ1) is 17.6. The summed E-state index contributed by atoms with van der Waals surface area (Å²) in [6.07, 6.45) is 4.76. The molecule has 0 amide bonds. The van der Waals surface area contributed by atoms with Crippen LogP contribution in [0.5, 0.6) is 11.5 Å². The van der Waals surface area contributed by atoms with Crippen LogP contribution >= 0.6 is 0 Å². The standard InChI is InChI=1S/C19H28O4/c1-5-14(8-9-19(2,3)12-18(20)21-4)10-15-6-7-16-17(11-15)23-13-22-16/h6-7,11,14H,5,8-10,12-13H2,1-4H3. The van der Waals surface area contributed by atoms with Crippen molar-refractivity contribution in [2.24, 2.45) is 11.3 Å². The van der Waals surface area contributed by atoms with Crippen molar-refractivity contribution in [3.05, 3.63) is 23.8 Å². The van der Waals surface area contributed by atoms with E-state index in [0.717, 1.165) is 37.2 Å². The molecule has 1 aromatic carbocycles. The maximum Gasteiger partial charge on any atom is 0.306 e. The Kier molecular flexibility index (Phi) is 5.91. The van der Waals surface area contributed by atoms with Gasteiger partial charge in [0.15, 0.2) is 11.5 Å². The number of fused-ring (bicyclic) bond motifs is 1. The summed E-state index contributed by atoms with van der Waals surface area (Å²) in [5.74, 6) is 2.16. The van der Waals surface area contributed by atoms with Crippen LogP contribution in [0.2, 0.25) is 0 Å². The highest BCUT2D eigenvalue weighted by molar-refractivity contribution is 5.69. The summed E-state index contributed by atoms with van der Waals surface area (Å²) in [5, 5.41) is 0. The molecule has 1 atom stereocenters. The molecule has 1 aliphatic heterocycles. The molecule has 128 valence electrons. The minimum atomic E-state index is -0.126. The van der Waals surface area contributed by atoms with Gasteiger partial charge in [-0.15, -0.1) is 0 Å². The van der Waals surface area contributed by atoms with Crippen molar-refractivity contribution in [1.82, 2.24) is 0 Å². The van der Waals surface area contributed by atoms with E-state index in [2.05, 4.69) is 32.9 Å². The zero-order valence-corrected chi connectivity index (χ0v) is 14.7. The molecule has 0 aliphatic carbocycles. The Morgan fingerprint density at radius 3 is 2.74 bits per heavy atom. The maximum atomic E-state index is 11.5. The third-order valence-corrected chi connectivity index (χ3v) is 4.62. The number of benzene rings is 1. The van der Waals surface area contributed by atoms with Crippen molar-refractivity contribution in [2.45, 2.75) is 52.9 Å². The Morgan fingerprint density at radius 1 is 1.30 bits per heavy atom. The van der Waals surface area contributed by atoms with E-state index in [1.54, 1.807) is 0 Å². The van der Waals surface area contributed by atoms with Crippen LogP contribution in [0, 0.1) is 11.3 Å². The lowest BCUT2D eigenvalue weighted by Gasteiger charge is -2.26. The lowest BCUT2D eigenvalue weighted by atomic mass is 9.80. The van der Waals surface area contributed by atoms with Crippen LogP contribution in [0.4, 0.5) is 0 Å². The van der Waals surface area contributed by atoms with Crippen molar-refractivity contribution in [1.29, 1.82) is 0 Å². The van der Waals surface area contributed by atoms with E-state index in [-0.39, 0.29) is 11.4 Å². The van der Waals surface area contributed by atoms with Gasteiger partial charge in [0.1, 0.15) is 0 Å². The monoisotopic (exact) mass is 320 g/mol. The van der Waals surface area contributed by atoms with Crippen molar-refractivity contribution in [2.75, 3.05) is 13.9 Å². The van der Waals surface area contributed by atoms with Gasteiger partial charge < -0.3 is 14.2 Å². The first-order valence-corrected chi connectivity index (χ1v) is 8.39. The number of carbonyl (C=O) groups excluding carboxylic acids is 1. The molecular formula is C19H28O4. The van der Waals surface area contributed by atoms with Crippen LogP contribution in [0.3, 0.4) is 0 Å². The summed E-state index contributed by atoms with van der Waals surface area (Å²) in [6.45, 7) is 6.82. The number of hydrogen-bond acceptors (Lipinski definition) is 4. The van der Waals surface area contributed by atoms with Crippen LogP contribution in [-0.2, 0) is 16.0 Å². The molecule has 0 N–H and O–H groups in total. The molecule has 4 heteroatoms. The smallest absolute Gasteiger partial charge is 0.306 e. The van der Waals surface area contributed by atoms with Gasteiger partial charge in [0, 0.05) is 0 Å². The molecule has 0 fully saturated rings. The fourth-order valence-electron chi connectivity index (χ4n) is 3.00. The summed E-state index contributed by atoms with van der Waals surface area (Å²) >= 11 is 0. The van der Waals surface area contributed by atoms with E-state index in [9.17, 15) is 4.79 Å². The van der Waals surface area contributed by atoms with Crippen LogP contribution < -0.4 is 9.47 Å². The molecule has 4 nitrogen and oxygen atoms in total. The van der Waals surface area contributed by atoms with Crippen molar-refractivity contribution >= 4 is 5.97 Å². The Balaban J connectivity index is 1.89. The summed E-state index contributed by atoms with van der Waals surface area (Å²) in [5.41, 5.74) is 1.27. The molecule has 1 heterocycles. The maximum absolute atomic E-state index is 11.5. The number of ether oxygens (including phenoxy) is 3. The minimum Gasteiger partial charge on any atom is -0.469 e. The third kappa shape index (κ3) is 5.15. The van der Waals surface area contributed by atoms with Crippen LogP contribution in [0.25, 0.3) is 0 Å². The van der Waals surface area contributed by atoms with E-state index in [4.69, 9.17) is 14.2 Å². The third-order valence-electron chi connectivity index (χ3n) is 4.62. The molecule has 0 radical (unpaired) electrons. The second-order valence-electron chi connectivity index (χ2n) is 7.12. The highest BCUT2D eigenvalue weighted by Crippen LogP contribution is 2.35. The van der Waals surface area contributed by atoms with Crippen LogP contribution in [-0.4, -0.2) is 19.9 Å². The van der Waals surface area contributed by atoms with Gasteiger partial charge in [-0.3, -0.25) is 4.79 Å². The van der Waals surface area contributed by atoms with E-state index < -0.39 is 0 Å². The fraction of sp³-hybridized carbons (Fsp3) is 0.632. The topological polar surface area (TPSA) is 44.8 Å². The normalized spacial score (nSPS) is 14.6. The average molecular weight is 320 g/mol. The molecule has 0 spiro atoms. The highest BCUT2D eigenvalue weighted by atomic mass is 16.7. The fourth-order valence-corrected chi connectivity index (χ4v) is 3.00. The number of hydrogen-bond donors (Lipinski definition) is 0. The molecule has 0 saturated carbocycles. The number of methoxy groups -OCH3 is 1. The van der Waals surface area contributed by atoms with Gasteiger partial charge in [0.05, 0.1) is 13.5 Å². The lowest BCUT2D eigenvalue weighted by molar-refractivity contribution is -0.143. The van der Waals surface area contributed by atoms with Crippen LogP contribution in [0.1, 0.15) is 52.0 Å². The molecule has 1 aliphatic rings. The van der Waals surface area contributed by atoms with Gasteiger partial charge >= 0.3 is 5.97 Å². The Bertz CT molecular complexity index is 536. The number of carbonyl (C=O) groups is 1. The van der Waals surface area contributed by atoms with Crippen molar-refractivity contribution < 1.29 is 19.0 Å². The Hall–Kier alpha value is -1.71. The largest absolute Gasteiger partial charge is 0.469 e. The molecule has 0 bridgehead atoms. The first-order chi connectivity index (χ1) is 10.9. The lowest BCUT2D eigenvalue weighted by Crippen LogP contribution is -2.19. The summed E-state index contributed by atoms with van der Waals surface area (Å²) in [6, 6.07) is 6.20. The van der Waals surface area contributed by atoms with Gasteiger partial charge in [-0.25, -0.2) is 0 Å². The zero-order valence-electron chi connectivity index (χ0n) is 14.7. The second kappa shape index (κ2) is 7.71. The quantitative estimate of drug-likeness (QED) is 0.668. The van der Waals surface area contributed by atoms with Crippen molar-refractivity contribution in [3.8, 4) is 11.5 Å². The number of rotatable bonds is 8. The van der Waals surface area contributed by atoms with E-state index in [0.29, 0.717) is 19.1 Å². The summed E-state index contributed by atoms with van der Waals surface area (Å²) < 4.78 is 15.6. The van der Waals surface area contributed by atoms with E-state index in [1.165, 1.54) is 12.7 Å². The van der Waals surface area contributed by atoms with Crippen molar-refractivity contribution in [3.63, 3.8) is 0 Å². The predicted molar refractivity (Wildman–Crippen MR) is 89.7 cm³/mol. The molecule has 23 heavy (non-hydrogen) atoms.